The quantitative estimate of drug-likeness (QED) is 0.766. The molecule has 0 spiro atoms. The molecule has 0 saturated heterocycles. The monoisotopic (exact) mass is 277 g/mol. The Kier molecular flexibility index (Phi) is 4.75. The van der Waals surface area contributed by atoms with Crippen LogP contribution in [-0.4, -0.2) is 23.3 Å². The molecule has 0 aromatic heterocycles. The molecule has 0 heterocycles. The first-order chi connectivity index (χ1) is 8.38. The fourth-order valence-electron chi connectivity index (χ4n) is 1.53. The third-order valence-electron chi connectivity index (χ3n) is 2.45. The number of nitrogens with two attached hydrogens (primary N) is 1. The summed E-state index contributed by atoms with van der Waals surface area (Å²) in [6.07, 6.45) is -0.189. The zero-order valence-corrected chi connectivity index (χ0v) is 10.4. The highest BCUT2D eigenvalue weighted by atomic mass is 35.5. The lowest BCUT2D eigenvalue weighted by molar-refractivity contribution is -0.137. The van der Waals surface area contributed by atoms with Crippen molar-refractivity contribution < 1.29 is 24.1 Å². The van der Waals surface area contributed by atoms with E-state index in [2.05, 4.69) is 0 Å². The summed E-state index contributed by atoms with van der Waals surface area (Å²) in [5.74, 6) is -2.30. The van der Waals surface area contributed by atoms with E-state index < -0.39 is 17.8 Å². The van der Waals surface area contributed by atoms with Gasteiger partial charge in [0.05, 0.1) is 12.1 Å². The van der Waals surface area contributed by atoms with Crippen LogP contribution in [0.25, 0.3) is 0 Å². The Labute approximate surface area is 108 Å². The third kappa shape index (κ3) is 3.02. The second kappa shape index (κ2) is 5.88. The SMILES string of the molecule is COc1cc(F)c(Cl)c(C(N)CCC(=O)O)c1O. The van der Waals surface area contributed by atoms with E-state index in [1.807, 2.05) is 0 Å². The number of rotatable bonds is 5. The fraction of sp³-hybridized carbons (Fsp3) is 0.364. The molecule has 1 aromatic carbocycles. The molecular formula is C11H13ClFNO4. The minimum Gasteiger partial charge on any atom is -0.504 e. The van der Waals surface area contributed by atoms with Gasteiger partial charge in [-0.05, 0) is 6.42 Å². The smallest absolute Gasteiger partial charge is 0.303 e. The predicted octanol–water partition coefficient (Wildman–Crippen LogP) is 2.06. The number of carboxylic acids is 1. The maximum Gasteiger partial charge on any atom is 0.303 e. The maximum absolute atomic E-state index is 13.5. The number of aromatic hydroxyl groups is 1. The van der Waals surface area contributed by atoms with Gasteiger partial charge in [0.2, 0.25) is 0 Å². The molecule has 0 fully saturated rings. The molecule has 18 heavy (non-hydrogen) atoms. The Hall–Kier alpha value is -1.53. The van der Waals surface area contributed by atoms with Gasteiger partial charge in [0.25, 0.3) is 0 Å². The van der Waals surface area contributed by atoms with Gasteiger partial charge in [-0.3, -0.25) is 4.79 Å². The summed E-state index contributed by atoms with van der Waals surface area (Å²) in [4.78, 5) is 10.4. The normalized spacial score (nSPS) is 12.2. The number of phenols is 1. The Balaban J connectivity index is 3.13. The first kappa shape index (κ1) is 14.5. The number of halogens is 2. The van der Waals surface area contributed by atoms with E-state index >= 15 is 0 Å². The fourth-order valence-corrected chi connectivity index (χ4v) is 1.81. The van der Waals surface area contributed by atoms with Crippen molar-refractivity contribution in [2.24, 2.45) is 5.73 Å². The summed E-state index contributed by atoms with van der Waals surface area (Å²) >= 11 is 5.72. The lowest BCUT2D eigenvalue weighted by Gasteiger charge is -2.17. The van der Waals surface area contributed by atoms with Gasteiger partial charge in [-0.25, -0.2) is 4.39 Å². The average molecular weight is 278 g/mol. The van der Waals surface area contributed by atoms with E-state index in [0.29, 0.717) is 0 Å². The van der Waals surface area contributed by atoms with Gasteiger partial charge in [0, 0.05) is 24.1 Å². The lowest BCUT2D eigenvalue weighted by atomic mass is 10.0. The van der Waals surface area contributed by atoms with Crippen LogP contribution in [0.3, 0.4) is 0 Å². The van der Waals surface area contributed by atoms with Gasteiger partial charge in [-0.1, -0.05) is 11.6 Å². The van der Waals surface area contributed by atoms with Gasteiger partial charge >= 0.3 is 5.97 Å². The van der Waals surface area contributed by atoms with E-state index in [-0.39, 0.29) is 34.9 Å². The van der Waals surface area contributed by atoms with Crippen molar-refractivity contribution in [2.45, 2.75) is 18.9 Å². The number of methoxy groups -OCH3 is 1. The molecule has 0 aliphatic rings. The number of carbonyl (C=O) groups is 1. The van der Waals surface area contributed by atoms with Gasteiger partial charge in [0.15, 0.2) is 11.5 Å². The van der Waals surface area contributed by atoms with Crippen LogP contribution in [0.15, 0.2) is 6.07 Å². The second-order valence-corrected chi connectivity index (χ2v) is 4.05. The standard InChI is InChI=1S/C11H13ClFNO4/c1-18-7-4-5(13)10(12)9(11(7)17)6(14)2-3-8(15)16/h4,6,17H,2-3,14H2,1H3,(H,15,16). The molecule has 1 aromatic rings. The van der Waals surface area contributed by atoms with E-state index in [9.17, 15) is 14.3 Å². The van der Waals surface area contributed by atoms with Gasteiger partial charge < -0.3 is 20.7 Å². The van der Waals surface area contributed by atoms with Gasteiger partial charge in [0.1, 0.15) is 5.82 Å². The molecule has 1 rings (SSSR count). The molecule has 0 aliphatic heterocycles. The Morgan fingerprint density at radius 2 is 2.28 bits per heavy atom. The molecule has 0 radical (unpaired) electrons. The number of phenolic OH excluding ortho intramolecular Hbond substituents is 1. The minimum atomic E-state index is -1.04. The molecule has 4 N–H and O–H groups in total. The molecule has 0 bridgehead atoms. The minimum absolute atomic E-state index is 0.0230. The average Bonchev–Trinajstić information content (AvgIpc) is 2.31. The summed E-state index contributed by atoms with van der Waals surface area (Å²) in [5, 5.41) is 18.1. The third-order valence-corrected chi connectivity index (χ3v) is 2.84. The summed E-state index contributed by atoms with van der Waals surface area (Å²) in [6.45, 7) is 0. The van der Waals surface area contributed by atoms with E-state index in [1.165, 1.54) is 7.11 Å². The van der Waals surface area contributed by atoms with Crippen LogP contribution >= 0.6 is 11.6 Å². The van der Waals surface area contributed by atoms with Gasteiger partial charge in [-0.2, -0.15) is 0 Å². The van der Waals surface area contributed by atoms with Crippen molar-refractivity contribution in [2.75, 3.05) is 7.11 Å². The van der Waals surface area contributed by atoms with Crippen molar-refractivity contribution in [3.8, 4) is 11.5 Å². The van der Waals surface area contributed by atoms with Crippen molar-refractivity contribution in [1.82, 2.24) is 0 Å². The first-order valence-electron chi connectivity index (χ1n) is 5.10. The number of aliphatic carboxylic acids is 1. The predicted molar refractivity (Wildman–Crippen MR) is 63.4 cm³/mol. The topological polar surface area (TPSA) is 92.8 Å². The Bertz CT molecular complexity index is 467. The zero-order valence-electron chi connectivity index (χ0n) is 9.61. The Morgan fingerprint density at radius 1 is 1.67 bits per heavy atom. The van der Waals surface area contributed by atoms with Crippen molar-refractivity contribution >= 4 is 17.6 Å². The van der Waals surface area contributed by atoms with Gasteiger partial charge in [-0.15, -0.1) is 0 Å². The number of ether oxygens (including phenoxy) is 1. The molecule has 100 valence electrons. The molecule has 1 atom stereocenters. The van der Waals surface area contributed by atoms with E-state index in [0.717, 1.165) is 6.07 Å². The molecule has 0 aliphatic carbocycles. The number of hydrogen-bond donors (Lipinski definition) is 3. The van der Waals surface area contributed by atoms with Crippen LogP contribution in [0.1, 0.15) is 24.4 Å². The zero-order chi connectivity index (χ0) is 13.9. The summed E-state index contributed by atoms with van der Waals surface area (Å²) in [7, 11) is 1.26. The van der Waals surface area contributed by atoms with Crippen LogP contribution in [-0.2, 0) is 4.79 Å². The van der Waals surface area contributed by atoms with Crippen LogP contribution in [0.2, 0.25) is 5.02 Å². The number of hydrogen-bond acceptors (Lipinski definition) is 4. The summed E-state index contributed by atoms with van der Waals surface area (Å²) in [6, 6.07) is 0.0450. The van der Waals surface area contributed by atoms with E-state index in [1.54, 1.807) is 0 Å². The maximum atomic E-state index is 13.5. The van der Waals surface area contributed by atoms with Crippen LogP contribution in [0.5, 0.6) is 11.5 Å². The summed E-state index contributed by atoms with van der Waals surface area (Å²) < 4.78 is 18.2. The number of carboxylic acid groups (broad SMARTS) is 1. The lowest BCUT2D eigenvalue weighted by Crippen LogP contribution is -2.14. The molecule has 1 unspecified atom stereocenters. The van der Waals surface area contributed by atoms with Crippen molar-refractivity contribution in [3.05, 3.63) is 22.5 Å². The Morgan fingerprint density at radius 3 is 2.78 bits per heavy atom. The summed E-state index contributed by atoms with van der Waals surface area (Å²) in [5.41, 5.74) is 5.66. The second-order valence-electron chi connectivity index (χ2n) is 3.68. The number of benzene rings is 1. The highest BCUT2D eigenvalue weighted by Crippen LogP contribution is 2.40. The van der Waals surface area contributed by atoms with Crippen LogP contribution in [0.4, 0.5) is 4.39 Å². The first-order valence-corrected chi connectivity index (χ1v) is 5.48. The molecule has 0 amide bonds. The van der Waals surface area contributed by atoms with Crippen molar-refractivity contribution in [1.29, 1.82) is 0 Å². The van der Waals surface area contributed by atoms with Crippen molar-refractivity contribution in [3.63, 3.8) is 0 Å². The molecular weight excluding hydrogens is 265 g/mol. The highest BCUT2D eigenvalue weighted by Gasteiger charge is 2.22. The highest BCUT2D eigenvalue weighted by molar-refractivity contribution is 6.31. The molecule has 0 saturated carbocycles. The molecule has 5 nitrogen and oxygen atoms in total. The largest absolute Gasteiger partial charge is 0.504 e. The van der Waals surface area contributed by atoms with E-state index in [4.69, 9.17) is 27.2 Å². The van der Waals surface area contributed by atoms with Crippen LogP contribution < -0.4 is 10.5 Å². The molecule has 7 heteroatoms. The van der Waals surface area contributed by atoms with Crippen LogP contribution in [0, 0.1) is 5.82 Å².